The van der Waals surface area contributed by atoms with Crippen LogP contribution in [-0.4, -0.2) is 9.78 Å². The lowest BCUT2D eigenvalue weighted by Gasteiger charge is -2.03. The van der Waals surface area contributed by atoms with Crippen molar-refractivity contribution in [2.45, 2.75) is 26.3 Å². The number of thiophene rings is 1. The second kappa shape index (κ2) is 3.59. The molecule has 0 N–H and O–H groups in total. The van der Waals surface area contributed by atoms with Crippen LogP contribution in [0.15, 0.2) is 18.8 Å². The molecule has 3 heteroatoms. The maximum atomic E-state index is 4.45. The van der Waals surface area contributed by atoms with E-state index in [2.05, 4.69) is 29.3 Å². The Morgan fingerprint density at radius 2 is 2.44 bits per heavy atom. The summed E-state index contributed by atoms with van der Waals surface area (Å²) in [6.07, 6.45) is 6.25. The molecule has 1 aliphatic rings. The van der Waals surface area contributed by atoms with Gasteiger partial charge in [0.15, 0.2) is 0 Å². The number of hydrogen-bond acceptors (Lipinski definition) is 2. The van der Waals surface area contributed by atoms with Crippen LogP contribution in [-0.2, 0) is 13.0 Å². The minimum absolute atomic E-state index is 1.04. The molecule has 0 amide bonds. The van der Waals surface area contributed by atoms with E-state index in [1.807, 2.05) is 23.6 Å². The summed E-state index contributed by atoms with van der Waals surface area (Å²) in [6, 6.07) is 2.25. The van der Waals surface area contributed by atoms with Crippen LogP contribution in [0, 0.1) is 6.92 Å². The van der Waals surface area contributed by atoms with Crippen molar-refractivity contribution in [2.75, 3.05) is 0 Å². The molecule has 0 fully saturated rings. The number of rotatable bonds is 1. The van der Waals surface area contributed by atoms with Crippen molar-refractivity contribution in [3.05, 3.63) is 34.2 Å². The summed E-state index contributed by atoms with van der Waals surface area (Å²) in [6.45, 7) is 7.03. The second-order valence-electron chi connectivity index (χ2n) is 4.19. The molecule has 2 aromatic rings. The topological polar surface area (TPSA) is 17.8 Å². The predicted octanol–water partition coefficient (Wildman–Crippen LogP) is 3.51. The van der Waals surface area contributed by atoms with Gasteiger partial charge in [0.05, 0.1) is 11.9 Å². The van der Waals surface area contributed by atoms with E-state index < -0.39 is 0 Å². The fourth-order valence-corrected chi connectivity index (χ4v) is 3.38. The summed E-state index contributed by atoms with van der Waals surface area (Å²) >= 11 is 1.87. The first-order valence-electron chi connectivity index (χ1n) is 5.57. The average molecular weight is 230 g/mol. The van der Waals surface area contributed by atoms with Gasteiger partial charge in [0, 0.05) is 21.9 Å². The average Bonchev–Trinajstić information content (AvgIpc) is 2.79. The van der Waals surface area contributed by atoms with E-state index in [9.17, 15) is 0 Å². The van der Waals surface area contributed by atoms with E-state index in [1.165, 1.54) is 33.0 Å². The van der Waals surface area contributed by atoms with Crippen LogP contribution in [0.3, 0.4) is 0 Å². The van der Waals surface area contributed by atoms with Crippen LogP contribution < -0.4 is 0 Å². The summed E-state index contributed by atoms with van der Waals surface area (Å²) in [5, 5.41) is 4.45. The van der Waals surface area contributed by atoms with Gasteiger partial charge in [-0.05, 0) is 31.4 Å². The molecule has 0 unspecified atom stereocenters. The maximum Gasteiger partial charge on any atom is 0.0722 e. The normalized spacial score (nSPS) is 14.1. The fraction of sp³-hybridized carbons (Fsp3) is 0.308. The molecule has 2 aromatic heterocycles. The minimum Gasteiger partial charge on any atom is -0.265 e. The first kappa shape index (κ1) is 9.85. The Morgan fingerprint density at radius 3 is 3.25 bits per heavy atom. The fourth-order valence-electron chi connectivity index (χ4n) is 2.33. The van der Waals surface area contributed by atoms with Crippen molar-refractivity contribution in [3.63, 3.8) is 0 Å². The first-order valence-corrected chi connectivity index (χ1v) is 6.39. The number of nitrogens with zero attached hydrogens (tertiary/aromatic N) is 2. The molecular weight excluding hydrogens is 216 g/mol. The predicted molar refractivity (Wildman–Crippen MR) is 68.7 cm³/mol. The standard InChI is InChI=1S/C13H14N2S/c1-3-10-7-11-12(16-10)5-4-6-15-13(11)9(2)8-14-15/h3,7-8H,1,4-6H2,2H3. The number of aryl methyl sites for hydroxylation is 3. The van der Waals surface area contributed by atoms with Crippen LogP contribution in [0.4, 0.5) is 0 Å². The van der Waals surface area contributed by atoms with Crippen LogP contribution in [0.5, 0.6) is 0 Å². The van der Waals surface area contributed by atoms with Gasteiger partial charge in [-0.15, -0.1) is 11.3 Å². The molecule has 0 aliphatic carbocycles. The number of fused-ring (bicyclic) bond motifs is 3. The van der Waals surface area contributed by atoms with Crippen LogP contribution in [0.2, 0.25) is 0 Å². The van der Waals surface area contributed by atoms with Crippen LogP contribution in [0.1, 0.15) is 21.7 Å². The summed E-state index contributed by atoms with van der Waals surface area (Å²) in [5.74, 6) is 0. The molecular formula is C13H14N2S. The van der Waals surface area contributed by atoms with Gasteiger partial charge in [0.25, 0.3) is 0 Å². The molecule has 16 heavy (non-hydrogen) atoms. The van der Waals surface area contributed by atoms with E-state index in [0.29, 0.717) is 0 Å². The Hall–Kier alpha value is -1.35. The lowest BCUT2D eigenvalue weighted by atomic mass is 10.1. The van der Waals surface area contributed by atoms with Crippen molar-refractivity contribution >= 4 is 17.4 Å². The SMILES string of the molecule is C=Cc1cc2c(s1)CCCn1ncc(C)c1-2. The minimum atomic E-state index is 1.04. The number of aromatic nitrogens is 2. The van der Waals surface area contributed by atoms with Crippen LogP contribution >= 0.6 is 11.3 Å². The van der Waals surface area contributed by atoms with Gasteiger partial charge >= 0.3 is 0 Å². The Kier molecular flexibility index (Phi) is 2.21. The van der Waals surface area contributed by atoms with Gasteiger partial charge in [-0.2, -0.15) is 5.10 Å². The molecule has 3 heterocycles. The van der Waals surface area contributed by atoms with Gasteiger partial charge in [-0.25, -0.2) is 0 Å². The van der Waals surface area contributed by atoms with E-state index >= 15 is 0 Å². The van der Waals surface area contributed by atoms with Crippen molar-refractivity contribution in [2.24, 2.45) is 0 Å². The second-order valence-corrected chi connectivity index (χ2v) is 5.36. The zero-order valence-electron chi connectivity index (χ0n) is 9.36. The highest BCUT2D eigenvalue weighted by Gasteiger charge is 2.19. The molecule has 0 aromatic carbocycles. The van der Waals surface area contributed by atoms with E-state index in [1.54, 1.807) is 0 Å². The third-order valence-electron chi connectivity index (χ3n) is 3.08. The highest BCUT2D eigenvalue weighted by atomic mass is 32.1. The highest BCUT2D eigenvalue weighted by molar-refractivity contribution is 7.13. The molecule has 0 spiro atoms. The monoisotopic (exact) mass is 230 g/mol. The van der Waals surface area contributed by atoms with E-state index in [-0.39, 0.29) is 0 Å². The third-order valence-corrected chi connectivity index (χ3v) is 4.27. The summed E-state index contributed by atoms with van der Waals surface area (Å²) in [4.78, 5) is 2.75. The van der Waals surface area contributed by atoms with Crippen LogP contribution in [0.25, 0.3) is 17.3 Å². The van der Waals surface area contributed by atoms with Gasteiger partial charge in [0.2, 0.25) is 0 Å². The molecule has 0 saturated heterocycles. The maximum absolute atomic E-state index is 4.45. The lowest BCUT2D eigenvalue weighted by Crippen LogP contribution is -1.99. The van der Waals surface area contributed by atoms with Crippen molar-refractivity contribution in [1.82, 2.24) is 9.78 Å². The van der Waals surface area contributed by atoms with Gasteiger partial charge in [-0.3, -0.25) is 4.68 Å². The van der Waals surface area contributed by atoms with Gasteiger partial charge < -0.3 is 0 Å². The van der Waals surface area contributed by atoms with E-state index in [0.717, 1.165) is 13.0 Å². The molecule has 0 bridgehead atoms. The Bertz CT molecular complexity index is 548. The molecule has 0 radical (unpaired) electrons. The molecule has 1 aliphatic heterocycles. The molecule has 3 rings (SSSR count). The van der Waals surface area contributed by atoms with Crippen molar-refractivity contribution in [1.29, 1.82) is 0 Å². The van der Waals surface area contributed by atoms with E-state index in [4.69, 9.17) is 0 Å². The number of hydrogen-bond donors (Lipinski definition) is 0. The van der Waals surface area contributed by atoms with Crippen molar-refractivity contribution in [3.8, 4) is 11.3 Å². The summed E-state index contributed by atoms with van der Waals surface area (Å²) in [7, 11) is 0. The Labute approximate surface area is 99.2 Å². The summed E-state index contributed by atoms with van der Waals surface area (Å²) in [5.41, 5.74) is 3.95. The largest absolute Gasteiger partial charge is 0.265 e. The zero-order chi connectivity index (χ0) is 11.1. The van der Waals surface area contributed by atoms with Gasteiger partial charge in [0.1, 0.15) is 0 Å². The third kappa shape index (κ3) is 1.35. The molecule has 0 saturated carbocycles. The Balaban J connectivity index is 2.26. The zero-order valence-corrected chi connectivity index (χ0v) is 10.2. The molecule has 0 atom stereocenters. The lowest BCUT2D eigenvalue weighted by molar-refractivity contribution is 0.595. The van der Waals surface area contributed by atoms with Gasteiger partial charge in [-0.1, -0.05) is 12.7 Å². The quantitative estimate of drug-likeness (QED) is 0.733. The Morgan fingerprint density at radius 1 is 1.56 bits per heavy atom. The summed E-state index contributed by atoms with van der Waals surface area (Å²) < 4.78 is 2.14. The molecule has 82 valence electrons. The van der Waals surface area contributed by atoms with Crippen molar-refractivity contribution < 1.29 is 0 Å². The smallest absolute Gasteiger partial charge is 0.0722 e. The highest BCUT2D eigenvalue weighted by Crippen LogP contribution is 2.36. The molecule has 2 nitrogen and oxygen atoms in total. The first-order chi connectivity index (χ1) is 7.79.